The molecule has 0 heterocycles. The molecule has 2 N–H and O–H groups in total. The molecule has 0 atom stereocenters. The van der Waals surface area contributed by atoms with Gasteiger partial charge in [0.05, 0.1) is 19.8 Å². The van der Waals surface area contributed by atoms with Gasteiger partial charge < -0.3 is 29.7 Å². The van der Waals surface area contributed by atoms with Gasteiger partial charge >= 0.3 is 0 Å². The van der Waals surface area contributed by atoms with Crippen molar-refractivity contribution in [3.63, 3.8) is 0 Å². The fourth-order valence-corrected chi connectivity index (χ4v) is 3.61. The molecule has 0 aromatic heterocycles. The zero-order valence-corrected chi connectivity index (χ0v) is 21.9. The van der Waals surface area contributed by atoms with E-state index in [1.165, 1.54) is 12.8 Å². The Kier molecular flexibility index (Phi) is 14.7. The first-order valence-electron chi connectivity index (χ1n) is 11.2. The van der Waals surface area contributed by atoms with E-state index in [0.29, 0.717) is 6.54 Å². The van der Waals surface area contributed by atoms with Gasteiger partial charge in [-0.15, -0.1) is 24.0 Å². The minimum Gasteiger partial charge on any atom is -0.493 e. The average molecular weight is 549 g/mol. The zero-order valence-electron chi connectivity index (χ0n) is 19.6. The van der Waals surface area contributed by atoms with Crippen LogP contribution in [0.1, 0.15) is 44.6 Å². The van der Waals surface area contributed by atoms with Crippen molar-refractivity contribution >= 4 is 29.9 Å². The summed E-state index contributed by atoms with van der Waals surface area (Å²) in [5, 5.41) is 6.76. The summed E-state index contributed by atoms with van der Waals surface area (Å²) in [7, 11) is 5.57. The Morgan fingerprint density at radius 2 is 1.94 bits per heavy atom. The maximum absolute atomic E-state index is 6.33. The van der Waals surface area contributed by atoms with Gasteiger partial charge in [0, 0.05) is 45.5 Å². The molecular formula is C23H41IN4O3. The van der Waals surface area contributed by atoms with Crippen molar-refractivity contribution in [2.24, 2.45) is 4.99 Å². The Morgan fingerprint density at radius 1 is 1.16 bits per heavy atom. The number of halogens is 1. The number of ether oxygens (including phenoxy) is 3. The third-order valence-electron chi connectivity index (χ3n) is 5.29. The zero-order chi connectivity index (χ0) is 21.6. The van der Waals surface area contributed by atoms with E-state index in [9.17, 15) is 0 Å². The molecule has 1 aromatic rings. The number of guanidine groups is 1. The van der Waals surface area contributed by atoms with Crippen molar-refractivity contribution in [3.8, 4) is 11.5 Å². The molecule has 1 aliphatic rings. The standard InChI is InChI=1S/C23H40N4O3.HI/c1-5-24-23(25-14-16-27(2)15-9-17-28-3)26-18-19-10-8-13-21(29-4)22(19)30-20-11-6-7-12-20;/h8,10,13,20H,5-7,9,11-12,14-18H2,1-4H3,(H2,24,25,26);1H. The number of methoxy groups -OCH3 is 2. The number of hydrogen-bond donors (Lipinski definition) is 2. The predicted molar refractivity (Wildman–Crippen MR) is 138 cm³/mol. The van der Waals surface area contributed by atoms with E-state index in [0.717, 1.165) is 75.1 Å². The molecule has 7 nitrogen and oxygen atoms in total. The lowest BCUT2D eigenvalue weighted by Gasteiger charge is -2.19. The molecular weight excluding hydrogens is 507 g/mol. The normalized spacial score (nSPS) is 14.4. The fourth-order valence-electron chi connectivity index (χ4n) is 3.61. The van der Waals surface area contributed by atoms with Gasteiger partial charge in [-0.25, -0.2) is 4.99 Å². The second-order valence-corrected chi connectivity index (χ2v) is 7.74. The van der Waals surface area contributed by atoms with Gasteiger partial charge in [-0.05, 0) is 52.1 Å². The van der Waals surface area contributed by atoms with Crippen LogP contribution < -0.4 is 20.1 Å². The quantitative estimate of drug-likeness (QED) is 0.170. The highest BCUT2D eigenvalue weighted by Gasteiger charge is 2.20. The van der Waals surface area contributed by atoms with Gasteiger partial charge in [0.25, 0.3) is 0 Å². The van der Waals surface area contributed by atoms with E-state index in [-0.39, 0.29) is 30.1 Å². The van der Waals surface area contributed by atoms with Gasteiger partial charge in [-0.1, -0.05) is 12.1 Å². The highest BCUT2D eigenvalue weighted by atomic mass is 127. The molecule has 0 unspecified atom stereocenters. The van der Waals surface area contributed by atoms with Gasteiger partial charge in [0.2, 0.25) is 0 Å². The average Bonchev–Trinajstić information content (AvgIpc) is 3.26. The number of likely N-dealkylation sites (N-methyl/N-ethyl adjacent to an activating group) is 1. The van der Waals surface area contributed by atoms with Crippen molar-refractivity contribution in [2.45, 2.75) is 51.7 Å². The Bertz CT molecular complexity index is 639. The van der Waals surface area contributed by atoms with E-state index < -0.39 is 0 Å². The van der Waals surface area contributed by atoms with Crippen LogP contribution in [0.15, 0.2) is 23.2 Å². The summed E-state index contributed by atoms with van der Waals surface area (Å²) >= 11 is 0. The monoisotopic (exact) mass is 548 g/mol. The van der Waals surface area contributed by atoms with E-state index in [4.69, 9.17) is 19.2 Å². The third kappa shape index (κ3) is 10.3. The van der Waals surface area contributed by atoms with E-state index in [2.05, 4.69) is 35.6 Å². The highest BCUT2D eigenvalue weighted by molar-refractivity contribution is 14.0. The van der Waals surface area contributed by atoms with Crippen LogP contribution in [-0.2, 0) is 11.3 Å². The number of rotatable bonds is 13. The van der Waals surface area contributed by atoms with Gasteiger partial charge in [-0.2, -0.15) is 0 Å². The molecule has 0 aliphatic heterocycles. The summed E-state index contributed by atoms with van der Waals surface area (Å²) in [6.45, 7) is 7.04. The number of aliphatic imine (C=N–C) groups is 1. The maximum atomic E-state index is 6.33. The molecule has 0 spiro atoms. The van der Waals surface area contributed by atoms with Crippen molar-refractivity contribution in [1.29, 1.82) is 0 Å². The minimum atomic E-state index is 0. The lowest BCUT2D eigenvalue weighted by molar-refractivity contribution is 0.180. The molecule has 0 bridgehead atoms. The van der Waals surface area contributed by atoms with Crippen LogP contribution in [0.3, 0.4) is 0 Å². The number of benzene rings is 1. The van der Waals surface area contributed by atoms with Crippen LogP contribution >= 0.6 is 24.0 Å². The third-order valence-corrected chi connectivity index (χ3v) is 5.29. The number of para-hydroxylation sites is 1. The lowest BCUT2D eigenvalue weighted by atomic mass is 10.1. The molecule has 8 heteroatoms. The Balaban J connectivity index is 0.00000480. The van der Waals surface area contributed by atoms with Crippen LogP contribution in [0, 0.1) is 0 Å². The summed E-state index contributed by atoms with van der Waals surface area (Å²) in [6, 6.07) is 6.03. The molecule has 1 aromatic carbocycles. The van der Waals surface area contributed by atoms with E-state index in [1.807, 2.05) is 12.1 Å². The number of nitrogens with zero attached hydrogens (tertiary/aromatic N) is 2. The van der Waals surface area contributed by atoms with Gasteiger partial charge in [0.1, 0.15) is 0 Å². The largest absolute Gasteiger partial charge is 0.493 e. The predicted octanol–water partition coefficient (Wildman–Crippen LogP) is 3.66. The molecule has 1 saturated carbocycles. The summed E-state index contributed by atoms with van der Waals surface area (Å²) in [5.41, 5.74) is 1.05. The topological polar surface area (TPSA) is 67.4 Å². The van der Waals surface area contributed by atoms with Crippen LogP contribution in [0.4, 0.5) is 0 Å². The van der Waals surface area contributed by atoms with Crippen LogP contribution in [0.2, 0.25) is 0 Å². The maximum Gasteiger partial charge on any atom is 0.191 e. The summed E-state index contributed by atoms with van der Waals surface area (Å²) in [6.07, 6.45) is 6.03. The molecule has 178 valence electrons. The Labute approximate surface area is 205 Å². The highest BCUT2D eigenvalue weighted by Crippen LogP contribution is 2.35. The van der Waals surface area contributed by atoms with Gasteiger partial charge in [0.15, 0.2) is 17.5 Å². The molecule has 1 fully saturated rings. The van der Waals surface area contributed by atoms with Crippen LogP contribution in [0.5, 0.6) is 11.5 Å². The molecule has 31 heavy (non-hydrogen) atoms. The first-order valence-corrected chi connectivity index (χ1v) is 11.2. The van der Waals surface area contributed by atoms with Crippen LogP contribution in [-0.4, -0.2) is 71.0 Å². The summed E-state index contributed by atoms with van der Waals surface area (Å²) in [5.74, 6) is 2.44. The fraction of sp³-hybridized carbons (Fsp3) is 0.696. The first-order chi connectivity index (χ1) is 14.7. The second-order valence-electron chi connectivity index (χ2n) is 7.74. The van der Waals surface area contributed by atoms with Crippen LogP contribution in [0.25, 0.3) is 0 Å². The molecule has 0 amide bonds. The van der Waals surface area contributed by atoms with Crippen molar-refractivity contribution in [1.82, 2.24) is 15.5 Å². The number of hydrogen-bond acceptors (Lipinski definition) is 5. The molecule has 1 aliphatic carbocycles. The second kappa shape index (κ2) is 16.4. The Hall–Kier alpha value is -1.26. The van der Waals surface area contributed by atoms with Crippen molar-refractivity contribution < 1.29 is 14.2 Å². The van der Waals surface area contributed by atoms with E-state index >= 15 is 0 Å². The smallest absolute Gasteiger partial charge is 0.191 e. The Morgan fingerprint density at radius 3 is 2.61 bits per heavy atom. The summed E-state index contributed by atoms with van der Waals surface area (Å²) in [4.78, 5) is 7.08. The number of nitrogens with one attached hydrogen (secondary N) is 2. The van der Waals surface area contributed by atoms with Gasteiger partial charge in [-0.3, -0.25) is 0 Å². The van der Waals surface area contributed by atoms with Crippen molar-refractivity contribution in [3.05, 3.63) is 23.8 Å². The minimum absolute atomic E-state index is 0. The summed E-state index contributed by atoms with van der Waals surface area (Å²) < 4.78 is 17.0. The van der Waals surface area contributed by atoms with E-state index in [1.54, 1.807) is 14.2 Å². The SMILES string of the molecule is CCNC(=NCc1cccc(OC)c1OC1CCCC1)NCCN(C)CCCOC.I. The first kappa shape index (κ1) is 27.8. The molecule has 2 rings (SSSR count). The lowest BCUT2D eigenvalue weighted by Crippen LogP contribution is -2.41. The molecule has 0 saturated heterocycles. The molecule has 0 radical (unpaired) electrons. The van der Waals surface area contributed by atoms with Crippen molar-refractivity contribution in [2.75, 3.05) is 54.1 Å².